The van der Waals surface area contributed by atoms with Crippen molar-refractivity contribution in [1.82, 2.24) is 4.98 Å². The summed E-state index contributed by atoms with van der Waals surface area (Å²) in [6, 6.07) is 27.4. The first-order chi connectivity index (χ1) is 17.5. The number of carbonyl (C=O) groups is 2. The number of esters is 1. The molecule has 0 aliphatic carbocycles. The Hall–Kier alpha value is -4.12. The average molecular weight is 514 g/mol. The SMILES string of the molecule is COC(=O)c1ccc(NC(=O)CSc2nc(-c3ccccc3)cc(-c3ccccc3Cl)c2C#N)cc1. The predicted octanol–water partition coefficient (Wildman–Crippen LogP) is 6.46. The minimum Gasteiger partial charge on any atom is -0.465 e. The quantitative estimate of drug-likeness (QED) is 0.225. The number of nitrogens with zero attached hydrogens (tertiary/aromatic N) is 2. The number of halogens is 1. The molecule has 8 heteroatoms. The lowest BCUT2D eigenvalue weighted by Crippen LogP contribution is -2.14. The molecule has 0 aliphatic heterocycles. The van der Waals surface area contributed by atoms with Crippen molar-refractivity contribution in [2.45, 2.75) is 5.03 Å². The lowest BCUT2D eigenvalue weighted by molar-refractivity contribution is -0.113. The van der Waals surface area contributed by atoms with Gasteiger partial charge in [-0.15, -0.1) is 0 Å². The van der Waals surface area contributed by atoms with Gasteiger partial charge < -0.3 is 10.1 Å². The highest BCUT2D eigenvalue weighted by molar-refractivity contribution is 8.00. The summed E-state index contributed by atoms with van der Waals surface area (Å²) in [5.41, 5.74) is 4.20. The Labute approximate surface area is 217 Å². The molecule has 1 heterocycles. The maximum Gasteiger partial charge on any atom is 0.337 e. The Balaban J connectivity index is 1.62. The first kappa shape index (κ1) is 25.0. The third-order valence-corrected chi connectivity index (χ3v) is 6.57. The number of hydrogen-bond acceptors (Lipinski definition) is 6. The molecule has 6 nitrogen and oxygen atoms in total. The van der Waals surface area contributed by atoms with Crippen LogP contribution in [0.1, 0.15) is 15.9 Å². The van der Waals surface area contributed by atoms with Gasteiger partial charge in [-0.3, -0.25) is 4.79 Å². The van der Waals surface area contributed by atoms with Gasteiger partial charge in [-0.1, -0.05) is 71.9 Å². The molecular formula is C28H20ClN3O3S. The minimum atomic E-state index is -0.453. The van der Waals surface area contributed by atoms with Crippen molar-refractivity contribution in [3.05, 3.63) is 101 Å². The lowest BCUT2D eigenvalue weighted by atomic mass is 9.99. The van der Waals surface area contributed by atoms with E-state index in [4.69, 9.17) is 16.6 Å². The van der Waals surface area contributed by atoms with E-state index in [0.717, 1.165) is 5.56 Å². The van der Waals surface area contributed by atoms with Crippen LogP contribution in [-0.4, -0.2) is 29.7 Å². The molecule has 0 saturated heterocycles. The number of carbonyl (C=O) groups excluding carboxylic acids is 2. The fourth-order valence-electron chi connectivity index (χ4n) is 3.52. The van der Waals surface area contributed by atoms with Gasteiger partial charge in [0, 0.05) is 27.4 Å². The molecule has 178 valence electrons. The van der Waals surface area contributed by atoms with Crippen molar-refractivity contribution < 1.29 is 14.3 Å². The van der Waals surface area contributed by atoms with Gasteiger partial charge in [-0.25, -0.2) is 9.78 Å². The fraction of sp³-hybridized carbons (Fsp3) is 0.0714. The summed E-state index contributed by atoms with van der Waals surface area (Å²) in [4.78, 5) is 29.0. The van der Waals surface area contributed by atoms with E-state index < -0.39 is 5.97 Å². The highest BCUT2D eigenvalue weighted by atomic mass is 35.5. The van der Waals surface area contributed by atoms with Gasteiger partial charge in [0.25, 0.3) is 0 Å². The second-order valence-corrected chi connectivity index (χ2v) is 8.97. The summed E-state index contributed by atoms with van der Waals surface area (Å²) < 4.78 is 4.69. The van der Waals surface area contributed by atoms with Crippen LogP contribution in [0.2, 0.25) is 5.02 Å². The van der Waals surface area contributed by atoms with Gasteiger partial charge >= 0.3 is 5.97 Å². The monoisotopic (exact) mass is 513 g/mol. The summed E-state index contributed by atoms with van der Waals surface area (Å²) in [5, 5.41) is 13.8. The summed E-state index contributed by atoms with van der Waals surface area (Å²) >= 11 is 7.64. The van der Waals surface area contributed by atoms with Gasteiger partial charge in [-0.2, -0.15) is 5.26 Å². The number of anilines is 1. The molecule has 0 saturated carbocycles. The Bertz CT molecular complexity index is 1450. The van der Waals surface area contributed by atoms with Gasteiger partial charge in [0.2, 0.25) is 5.91 Å². The predicted molar refractivity (Wildman–Crippen MR) is 142 cm³/mol. The largest absolute Gasteiger partial charge is 0.465 e. The van der Waals surface area contributed by atoms with Crippen molar-refractivity contribution in [2.75, 3.05) is 18.2 Å². The third-order valence-electron chi connectivity index (χ3n) is 5.26. The summed E-state index contributed by atoms with van der Waals surface area (Å²) in [6.45, 7) is 0. The number of benzene rings is 3. The Kier molecular flexibility index (Phi) is 8.01. The molecule has 0 unspecified atom stereocenters. The first-order valence-corrected chi connectivity index (χ1v) is 12.2. The highest BCUT2D eigenvalue weighted by Crippen LogP contribution is 2.37. The maximum atomic E-state index is 12.7. The maximum absolute atomic E-state index is 12.7. The van der Waals surface area contributed by atoms with Crippen LogP contribution < -0.4 is 5.32 Å². The summed E-state index contributed by atoms with van der Waals surface area (Å²) in [5.74, 6) is -0.701. The molecule has 36 heavy (non-hydrogen) atoms. The zero-order chi connectivity index (χ0) is 25.5. The van der Waals surface area contributed by atoms with Gasteiger partial charge in [0.05, 0.1) is 29.7 Å². The van der Waals surface area contributed by atoms with Crippen molar-refractivity contribution >= 4 is 40.9 Å². The van der Waals surface area contributed by atoms with Crippen LogP contribution >= 0.6 is 23.4 Å². The van der Waals surface area contributed by atoms with Gasteiger partial charge in [0.1, 0.15) is 11.1 Å². The molecule has 0 spiro atoms. The number of thioether (sulfide) groups is 1. The normalized spacial score (nSPS) is 10.4. The van der Waals surface area contributed by atoms with E-state index in [1.807, 2.05) is 54.6 Å². The molecule has 4 rings (SSSR count). The van der Waals surface area contributed by atoms with E-state index in [2.05, 4.69) is 16.1 Å². The number of rotatable bonds is 7. The van der Waals surface area contributed by atoms with Crippen LogP contribution in [0.3, 0.4) is 0 Å². The molecule has 0 fully saturated rings. The number of ether oxygens (including phenoxy) is 1. The van der Waals surface area contributed by atoms with E-state index in [0.29, 0.717) is 43.7 Å². The van der Waals surface area contributed by atoms with Crippen LogP contribution in [-0.2, 0) is 9.53 Å². The molecule has 1 amide bonds. The number of nitrogens with one attached hydrogen (secondary N) is 1. The van der Waals surface area contributed by atoms with Crippen LogP contribution in [0, 0.1) is 11.3 Å². The van der Waals surface area contributed by atoms with E-state index in [9.17, 15) is 14.9 Å². The lowest BCUT2D eigenvalue weighted by Gasteiger charge is -2.13. The standard InChI is InChI=1S/C28H20ClN3O3S/c1-35-28(34)19-11-13-20(14-12-19)31-26(33)17-36-27-23(16-30)22(21-9-5-6-10-24(21)29)15-25(32-27)18-7-3-2-4-8-18/h2-15H,17H2,1H3,(H,31,33). The number of pyridine rings is 1. The molecule has 3 aromatic carbocycles. The molecule has 1 aromatic heterocycles. The first-order valence-electron chi connectivity index (χ1n) is 10.9. The van der Waals surface area contributed by atoms with E-state index >= 15 is 0 Å². The molecule has 1 N–H and O–H groups in total. The van der Waals surface area contributed by atoms with E-state index in [1.165, 1.54) is 18.9 Å². The summed E-state index contributed by atoms with van der Waals surface area (Å²) in [6.07, 6.45) is 0. The van der Waals surface area contributed by atoms with Crippen LogP contribution in [0.15, 0.2) is 90.0 Å². The van der Waals surface area contributed by atoms with Crippen molar-refractivity contribution in [3.8, 4) is 28.5 Å². The minimum absolute atomic E-state index is 0.0284. The van der Waals surface area contributed by atoms with Crippen LogP contribution in [0.5, 0.6) is 0 Å². The third kappa shape index (κ3) is 5.74. The molecule has 0 atom stereocenters. The van der Waals surface area contributed by atoms with Crippen LogP contribution in [0.25, 0.3) is 22.4 Å². The van der Waals surface area contributed by atoms with E-state index in [-0.39, 0.29) is 11.7 Å². The number of hydrogen-bond donors (Lipinski definition) is 1. The smallest absolute Gasteiger partial charge is 0.337 e. The molecular weight excluding hydrogens is 494 g/mol. The number of amides is 1. The van der Waals surface area contributed by atoms with E-state index in [1.54, 1.807) is 30.3 Å². The van der Waals surface area contributed by atoms with Crippen molar-refractivity contribution in [2.24, 2.45) is 0 Å². The Morgan fingerprint density at radius 1 is 1.00 bits per heavy atom. The number of nitriles is 1. The Morgan fingerprint density at radius 2 is 1.69 bits per heavy atom. The zero-order valence-corrected chi connectivity index (χ0v) is 20.8. The summed E-state index contributed by atoms with van der Waals surface area (Å²) in [7, 11) is 1.31. The van der Waals surface area contributed by atoms with Gasteiger partial charge in [0.15, 0.2) is 0 Å². The average Bonchev–Trinajstić information content (AvgIpc) is 2.92. The molecule has 0 radical (unpaired) electrons. The molecule has 0 bridgehead atoms. The topological polar surface area (TPSA) is 92.1 Å². The highest BCUT2D eigenvalue weighted by Gasteiger charge is 2.18. The Morgan fingerprint density at radius 3 is 2.36 bits per heavy atom. The number of methoxy groups -OCH3 is 1. The van der Waals surface area contributed by atoms with Crippen molar-refractivity contribution in [1.29, 1.82) is 5.26 Å². The second-order valence-electron chi connectivity index (χ2n) is 7.60. The zero-order valence-electron chi connectivity index (χ0n) is 19.2. The second kappa shape index (κ2) is 11.5. The number of aromatic nitrogens is 1. The molecule has 4 aromatic rings. The van der Waals surface area contributed by atoms with Gasteiger partial charge in [-0.05, 0) is 36.4 Å². The molecule has 0 aliphatic rings. The fourth-order valence-corrected chi connectivity index (χ4v) is 4.56. The van der Waals surface area contributed by atoms with Crippen LogP contribution in [0.4, 0.5) is 5.69 Å². The van der Waals surface area contributed by atoms with Crippen molar-refractivity contribution in [3.63, 3.8) is 0 Å².